The van der Waals surface area contributed by atoms with E-state index in [-0.39, 0.29) is 11.8 Å². The number of amides is 1. The number of rotatable bonds is 6. The number of halogens is 1. The van der Waals surface area contributed by atoms with E-state index in [1.165, 1.54) is 0 Å². The van der Waals surface area contributed by atoms with E-state index < -0.39 is 0 Å². The number of pyridine rings is 1. The summed E-state index contributed by atoms with van der Waals surface area (Å²) in [5.74, 6) is 1.20. The second kappa shape index (κ2) is 10.2. The molecular formula is C28H26BrN7O. The number of hydrogen-bond acceptors (Lipinski definition) is 5. The molecule has 0 aliphatic carbocycles. The van der Waals surface area contributed by atoms with Gasteiger partial charge in [0.25, 0.3) is 0 Å². The van der Waals surface area contributed by atoms with Gasteiger partial charge in [0, 0.05) is 72.9 Å². The van der Waals surface area contributed by atoms with Crippen LogP contribution in [0.5, 0.6) is 0 Å². The van der Waals surface area contributed by atoms with Crippen molar-refractivity contribution >= 4 is 50.3 Å². The zero-order valence-corrected chi connectivity index (χ0v) is 21.7. The van der Waals surface area contributed by atoms with Crippen LogP contribution in [-0.2, 0) is 11.3 Å². The van der Waals surface area contributed by atoms with E-state index in [0.29, 0.717) is 19.6 Å². The molecular weight excluding hydrogens is 530 g/mol. The SMILES string of the molecule is O=C(/C=C/c1c[nH]c2ccccc12)N1CCC(c2cc(NCc3cccnc3)n3ncc(Br)c3n2)CC1. The van der Waals surface area contributed by atoms with Crippen LogP contribution in [0, 0.1) is 0 Å². The van der Waals surface area contributed by atoms with Crippen molar-refractivity contribution in [2.24, 2.45) is 0 Å². The predicted molar refractivity (Wildman–Crippen MR) is 148 cm³/mol. The topological polar surface area (TPSA) is 91.2 Å². The van der Waals surface area contributed by atoms with Gasteiger partial charge in [-0.1, -0.05) is 24.3 Å². The van der Waals surface area contributed by atoms with Gasteiger partial charge in [0.05, 0.1) is 10.7 Å². The number of nitrogens with one attached hydrogen (secondary N) is 2. The summed E-state index contributed by atoms with van der Waals surface area (Å²) >= 11 is 3.59. The molecule has 4 aromatic heterocycles. The van der Waals surface area contributed by atoms with Crippen LogP contribution < -0.4 is 5.32 Å². The number of hydrogen-bond donors (Lipinski definition) is 2. The number of aromatic nitrogens is 5. The fourth-order valence-electron chi connectivity index (χ4n) is 4.88. The largest absolute Gasteiger partial charge is 0.366 e. The second-order valence-electron chi connectivity index (χ2n) is 9.23. The fourth-order valence-corrected chi connectivity index (χ4v) is 5.23. The zero-order chi connectivity index (χ0) is 25.2. The Morgan fingerprint density at radius 3 is 2.86 bits per heavy atom. The molecule has 9 heteroatoms. The van der Waals surface area contributed by atoms with Gasteiger partial charge >= 0.3 is 0 Å². The van der Waals surface area contributed by atoms with Gasteiger partial charge in [-0.2, -0.15) is 9.61 Å². The van der Waals surface area contributed by atoms with Crippen molar-refractivity contribution in [1.82, 2.24) is 29.5 Å². The van der Waals surface area contributed by atoms with Crippen LogP contribution in [-0.4, -0.2) is 48.5 Å². The van der Waals surface area contributed by atoms with Crippen molar-refractivity contribution in [1.29, 1.82) is 0 Å². The van der Waals surface area contributed by atoms with E-state index in [4.69, 9.17) is 4.98 Å². The van der Waals surface area contributed by atoms with Crippen molar-refractivity contribution in [3.63, 3.8) is 0 Å². The molecule has 1 aliphatic rings. The van der Waals surface area contributed by atoms with Crippen molar-refractivity contribution in [3.05, 3.63) is 94.6 Å². The summed E-state index contributed by atoms with van der Waals surface area (Å²) in [4.78, 5) is 27.2. The minimum absolute atomic E-state index is 0.0458. The van der Waals surface area contributed by atoms with Crippen LogP contribution in [0.15, 0.2) is 77.8 Å². The maximum absolute atomic E-state index is 12.9. The summed E-state index contributed by atoms with van der Waals surface area (Å²) in [6.07, 6.45) is 12.6. The molecule has 1 saturated heterocycles. The van der Waals surface area contributed by atoms with Gasteiger partial charge in [0.1, 0.15) is 5.82 Å². The van der Waals surface area contributed by atoms with Crippen LogP contribution in [0.3, 0.4) is 0 Å². The van der Waals surface area contributed by atoms with Crippen molar-refractivity contribution in [3.8, 4) is 0 Å². The number of anilines is 1. The maximum atomic E-state index is 12.9. The third-order valence-corrected chi connectivity index (χ3v) is 7.46. The molecule has 1 aliphatic heterocycles. The van der Waals surface area contributed by atoms with E-state index in [0.717, 1.165) is 56.5 Å². The van der Waals surface area contributed by atoms with Gasteiger partial charge in [0.2, 0.25) is 5.91 Å². The summed E-state index contributed by atoms with van der Waals surface area (Å²) in [5.41, 5.74) is 4.98. The average molecular weight is 556 g/mol. The molecule has 0 saturated carbocycles. The summed E-state index contributed by atoms with van der Waals surface area (Å²) < 4.78 is 2.67. The van der Waals surface area contributed by atoms with Gasteiger partial charge in [-0.25, -0.2) is 4.98 Å². The van der Waals surface area contributed by atoms with Crippen LogP contribution in [0.25, 0.3) is 22.6 Å². The van der Waals surface area contributed by atoms with Crippen LogP contribution >= 0.6 is 15.9 Å². The Morgan fingerprint density at radius 1 is 1.16 bits per heavy atom. The Hall–Kier alpha value is -3.98. The van der Waals surface area contributed by atoms with E-state index in [1.807, 2.05) is 58.2 Å². The molecule has 37 heavy (non-hydrogen) atoms. The standard InChI is InChI=1S/C28H26BrN7O/c29-23-18-33-36-26(32-16-19-4-3-11-30-15-19)14-25(34-28(23)36)20-9-12-35(13-10-20)27(37)8-7-21-17-31-24-6-2-1-5-22(21)24/h1-8,11,14-15,17-18,20,31-32H,9-10,12-13,16H2/b8-7+. The number of aromatic amines is 1. The Labute approximate surface area is 222 Å². The zero-order valence-electron chi connectivity index (χ0n) is 20.1. The molecule has 1 aromatic carbocycles. The number of piperidine rings is 1. The van der Waals surface area contributed by atoms with E-state index in [9.17, 15) is 4.79 Å². The van der Waals surface area contributed by atoms with E-state index in [1.54, 1.807) is 18.5 Å². The molecule has 0 spiro atoms. The minimum atomic E-state index is 0.0458. The lowest BCUT2D eigenvalue weighted by atomic mass is 9.93. The first-order chi connectivity index (χ1) is 18.2. The third-order valence-electron chi connectivity index (χ3n) is 6.90. The van der Waals surface area contributed by atoms with E-state index in [2.05, 4.69) is 48.4 Å². The number of carbonyl (C=O) groups excluding carboxylic acids is 1. The quantitative estimate of drug-likeness (QED) is 0.274. The Morgan fingerprint density at radius 2 is 2.03 bits per heavy atom. The molecule has 8 nitrogen and oxygen atoms in total. The van der Waals surface area contributed by atoms with Gasteiger partial charge in [0.15, 0.2) is 5.65 Å². The number of nitrogens with zero attached hydrogens (tertiary/aromatic N) is 5. The highest BCUT2D eigenvalue weighted by molar-refractivity contribution is 9.10. The van der Waals surface area contributed by atoms with Crippen LogP contribution in [0.1, 0.15) is 35.6 Å². The maximum Gasteiger partial charge on any atom is 0.246 e. The fraction of sp³-hybridized carbons (Fsp3) is 0.214. The molecule has 5 heterocycles. The number of carbonyl (C=O) groups is 1. The minimum Gasteiger partial charge on any atom is -0.366 e. The monoisotopic (exact) mass is 555 g/mol. The second-order valence-corrected chi connectivity index (χ2v) is 10.1. The van der Waals surface area contributed by atoms with Gasteiger partial charge in [-0.05, 0) is 58.1 Å². The van der Waals surface area contributed by atoms with Crippen molar-refractivity contribution < 1.29 is 4.79 Å². The van der Waals surface area contributed by atoms with Crippen LogP contribution in [0.2, 0.25) is 0 Å². The number of H-pyrrole nitrogens is 1. The number of benzene rings is 1. The highest BCUT2D eigenvalue weighted by Crippen LogP contribution is 2.31. The molecule has 2 N–H and O–H groups in total. The van der Waals surface area contributed by atoms with Crippen LogP contribution in [0.4, 0.5) is 5.82 Å². The molecule has 186 valence electrons. The normalized spacial score (nSPS) is 14.7. The van der Waals surface area contributed by atoms with E-state index >= 15 is 0 Å². The predicted octanol–water partition coefficient (Wildman–Crippen LogP) is 5.40. The number of likely N-dealkylation sites (tertiary alicyclic amines) is 1. The summed E-state index contributed by atoms with van der Waals surface area (Å²) in [5, 5.41) is 9.09. The number of fused-ring (bicyclic) bond motifs is 2. The molecule has 0 atom stereocenters. The Kier molecular flexibility index (Phi) is 6.44. The number of para-hydroxylation sites is 1. The lowest BCUT2D eigenvalue weighted by molar-refractivity contribution is -0.126. The smallest absolute Gasteiger partial charge is 0.246 e. The summed E-state index contributed by atoms with van der Waals surface area (Å²) in [7, 11) is 0. The molecule has 1 amide bonds. The first kappa shape index (κ1) is 23.4. The molecule has 0 bridgehead atoms. The molecule has 6 rings (SSSR count). The highest BCUT2D eigenvalue weighted by Gasteiger charge is 2.25. The Bertz CT molecular complexity index is 1580. The first-order valence-corrected chi connectivity index (χ1v) is 13.1. The third kappa shape index (κ3) is 4.86. The summed E-state index contributed by atoms with van der Waals surface area (Å²) in [6, 6.07) is 14.2. The molecule has 1 fully saturated rings. The van der Waals surface area contributed by atoms with Crippen molar-refractivity contribution in [2.45, 2.75) is 25.3 Å². The molecule has 5 aromatic rings. The lowest BCUT2D eigenvalue weighted by Gasteiger charge is -2.31. The molecule has 0 radical (unpaired) electrons. The average Bonchev–Trinajstić information content (AvgIpc) is 3.54. The van der Waals surface area contributed by atoms with Crippen molar-refractivity contribution in [2.75, 3.05) is 18.4 Å². The van der Waals surface area contributed by atoms with Gasteiger partial charge in [-0.3, -0.25) is 9.78 Å². The Balaban J connectivity index is 1.15. The highest BCUT2D eigenvalue weighted by atomic mass is 79.9. The molecule has 0 unspecified atom stereocenters. The lowest BCUT2D eigenvalue weighted by Crippen LogP contribution is -2.37. The summed E-state index contributed by atoms with van der Waals surface area (Å²) in [6.45, 7) is 2.04. The van der Waals surface area contributed by atoms with Gasteiger partial charge in [-0.15, -0.1) is 0 Å². The van der Waals surface area contributed by atoms with Gasteiger partial charge < -0.3 is 15.2 Å². The first-order valence-electron chi connectivity index (χ1n) is 12.4.